The highest BCUT2D eigenvalue weighted by Crippen LogP contribution is 2.48. The molecule has 1 fully saturated rings. The van der Waals surface area contributed by atoms with Crippen LogP contribution in [0.3, 0.4) is 0 Å². The van der Waals surface area contributed by atoms with Gasteiger partial charge in [0.15, 0.2) is 11.5 Å². The normalized spacial score (nSPS) is 17.5. The highest BCUT2D eigenvalue weighted by atomic mass is 16.6. The molecule has 0 bridgehead atoms. The van der Waals surface area contributed by atoms with Gasteiger partial charge in [0.05, 0.1) is 0 Å². The molecule has 0 aliphatic heterocycles. The summed E-state index contributed by atoms with van der Waals surface area (Å²) in [6.07, 6.45) is -1.51. The van der Waals surface area contributed by atoms with Crippen molar-refractivity contribution in [3.05, 3.63) is 71.8 Å². The van der Waals surface area contributed by atoms with Gasteiger partial charge in [-0.05, 0) is 24.0 Å². The monoisotopic (exact) mass is 326 g/mol. The molecule has 5 heteroatoms. The third-order valence-corrected chi connectivity index (χ3v) is 4.34. The second-order valence-electron chi connectivity index (χ2n) is 5.98. The van der Waals surface area contributed by atoms with Crippen LogP contribution in [0.5, 0.6) is 0 Å². The maximum Gasteiger partial charge on any atom is 0.324 e. The zero-order valence-electron chi connectivity index (χ0n) is 13.0. The third-order valence-electron chi connectivity index (χ3n) is 4.34. The molecule has 0 radical (unpaired) electrons. The minimum Gasteiger partial charge on any atom is -0.480 e. The lowest BCUT2D eigenvalue weighted by atomic mass is 9.97. The molecular formula is C19H18O5. The van der Waals surface area contributed by atoms with Crippen molar-refractivity contribution in [3.63, 3.8) is 0 Å². The fourth-order valence-electron chi connectivity index (χ4n) is 2.64. The van der Waals surface area contributed by atoms with E-state index in [9.17, 15) is 19.8 Å². The van der Waals surface area contributed by atoms with Gasteiger partial charge in [-0.15, -0.1) is 0 Å². The van der Waals surface area contributed by atoms with Crippen LogP contribution in [0.25, 0.3) is 0 Å². The third kappa shape index (κ3) is 3.03. The Morgan fingerprint density at radius 1 is 0.917 bits per heavy atom. The smallest absolute Gasteiger partial charge is 0.324 e. The van der Waals surface area contributed by atoms with E-state index in [0.717, 1.165) is 0 Å². The van der Waals surface area contributed by atoms with Gasteiger partial charge < -0.3 is 14.9 Å². The van der Waals surface area contributed by atoms with Gasteiger partial charge in [0.2, 0.25) is 0 Å². The molecule has 0 saturated heterocycles. The summed E-state index contributed by atoms with van der Waals surface area (Å²) in [6.45, 7) is 0. The topological polar surface area (TPSA) is 83.8 Å². The molecule has 1 aliphatic carbocycles. The predicted octanol–water partition coefficient (Wildman–Crippen LogP) is 2.87. The Bertz CT molecular complexity index is 722. The Morgan fingerprint density at radius 2 is 1.42 bits per heavy atom. The second-order valence-corrected chi connectivity index (χ2v) is 5.98. The molecular weight excluding hydrogens is 308 g/mol. The Hall–Kier alpha value is -2.66. The van der Waals surface area contributed by atoms with Gasteiger partial charge >= 0.3 is 11.9 Å². The van der Waals surface area contributed by atoms with Crippen LogP contribution >= 0.6 is 0 Å². The molecule has 0 amide bonds. The first-order valence-electron chi connectivity index (χ1n) is 7.77. The number of aliphatic hydroxyl groups is 1. The average Bonchev–Trinajstić information content (AvgIpc) is 3.42. The molecule has 2 atom stereocenters. The first-order valence-corrected chi connectivity index (χ1v) is 7.77. The van der Waals surface area contributed by atoms with Gasteiger partial charge in [-0.25, -0.2) is 0 Å². The van der Waals surface area contributed by atoms with Gasteiger partial charge in [0, 0.05) is 0 Å². The lowest BCUT2D eigenvalue weighted by molar-refractivity contribution is -0.170. The van der Waals surface area contributed by atoms with Crippen molar-refractivity contribution in [2.75, 3.05) is 0 Å². The van der Waals surface area contributed by atoms with Crippen LogP contribution in [-0.2, 0) is 14.3 Å². The fourth-order valence-corrected chi connectivity index (χ4v) is 2.64. The van der Waals surface area contributed by atoms with Crippen LogP contribution in [0.4, 0.5) is 0 Å². The minimum absolute atomic E-state index is 0.268. The summed E-state index contributed by atoms with van der Waals surface area (Å²) in [5, 5.41) is 19.9. The zero-order valence-corrected chi connectivity index (χ0v) is 13.0. The Balaban J connectivity index is 1.89. The van der Waals surface area contributed by atoms with Gasteiger partial charge in [-0.1, -0.05) is 60.7 Å². The molecule has 24 heavy (non-hydrogen) atoms. The van der Waals surface area contributed by atoms with Crippen LogP contribution in [0.1, 0.15) is 36.2 Å². The molecule has 0 heterocycles. The Morgan fingerprint density at radius 3 is 1.88 bits per heavy atom. The number of hydrogen-bond donors (Lipinski definition) is 2. The number of benzene rings is 2. The number of ether oxygens (including phenoxy) is 1. The summed E-state index contributed by atoms with van der Waals surface area (Å²) < 4.78 is 5.47. The van der Waals surface area contributed by atoms with Crippen molar-refractivity contribution in [2.24, 2.45) is 5.41 Å². The summed E-state index contributed by atoms with van der Waals surface area (Å²) in [6, 6.07) is 17.7. The van der Waals surface area contributed by atoms with E-state index < -0.39 is 29.6 Å². The standard InChI is InChI=1S/C19H18O5/c20-15(13-7-3-1-4-8-13)16(14-9-5-2-6-10-14)24-18(23)19(11-12-19)17(21)22/h1-10,15-16,20H,11-12H2,(H,21,22)/t15-,16-/m1/s1. The van der Waals surface area contributed by atoms with Crippen molar-refractivity contribution in [1.82, 2.24) is 0 Å². The van der Waals surface area contributed by atoms with Crippen LogP contribution in [0.2, 0.25) is 0 Å². The number of hydrogen-bond acceptors (Lipinski definition) is 4. The van der Waals surface area contributed by atoms with Crippen LogP contribution in [0, 0.1) is 5.41 Å². The van der Waals surface area contributed by atoms with Gasteiger partial charge in [-0.3, -0.25) is 9.59 Å². The lowest BCUT2D eigenvalue weighted by Crippen LogP contribution is -2.30. The van der Waals surface area contributed by atoms with Crippen LogP contribution in [0.15, 0.2) is 60.7 Å². The molecule has 0 spiro atoms. The average molecular weight is 326 g/mol. The number of rotatable bonds is 6. The van der Waals surface area contributed by atoms with E-state index in [1.807, 2.05) is 12.1 Å². The van der Waals surface area contributed by atoms with Crippen molar-refractivity contribution in [2.45, 2.75) is 25.0 Å². The minimum atomic E-state index is -1.45. The first kappa shape index (κ1) is 16.2. The highest BCUT2D eigenvalue weighted by Gasteiger charge is 2.59. The fraction of sp³-hybridized carbons (Fsp3) is 0.263. The predicted molar refractivity (Wildman–Crippen MR) is 86.0 cm³/mol. The maximum atomic E-state index is 12.4. The number of esters is 1. The van der Waals surface area contributed by atoms with Gasteiger partial charge in [-0.2, -0.15) is 0 Å². The van der Waals surface area contributed by atoms with Gasteiger partial charge in [0.25, 0.3) is 0 Å². The Labute approximate surface area is 139 Å². The Kier molecular flexibility index (Phi) is 4.36. The molecule has 124 valence electrons. The second kappa shape index (κ2) is 6.45. The van der Waals surface area contributed by atoms with E-state index in [0.29, 0.717) is 11.1 Å². The first-order chi connectivity index (χ1) is 11.5. The molecule has 1 saturated carbocycles. The molecule has 3 rings (SSSR count). The van der Waals surface area contributed by atoms with Crippen molar-refractivity contribution < 1.29 is 24.5 Å². The largest absolute Gasteiger partial charge is 0.480 e. The van der Waals surface area contributed by atoms with Crippen LogP contribution < -0.4 is 0 Å². The van der Waals surface area contributed by atoms with Gasteiger partial charge in [0.1, 0.15) is 6.10 Å². The van der Waals surface area contributed by atoms with E-state index in [4.69, 9.17) is 4.74 Å². The van der Waals surface area contributed by atoms with E-state index in [2.05, 4.69) is 0 Å². The molecule has 2 aromatic rings. The summed E-state index contributed by atoms with van der Waals surface area (Å²) in [7, 11) is 0. The summed E-state index contributed by atoms with van der Waals surface area (Å²) in [5.41, 5.74) is -0.244. The van der Waals surface area contributed by atoms with E-state index in [1.54, 1.807) is 48.5 Å². The van der Waals surface area contributed by atoms with Crippen molar-refractivity contribution in [1.29, 1.82) is 0 Å². The molecule has 0 unspecified atom stereocenters. The molecule has 2 N–H and O–H groups in total. The number of carboxylic acid groups (broad SMARTS) is 1. The van der Waals surface area contributed by atoms with E-state index >= 15 is 0 Å². The van der Waals surface area contributed by atoms with Crippen molar-refractivity contribution in [3.8, 4) is 0 Å². The number of carboxylic acids is 1. The lowest BCUT2D eigenvalue weighted by Gasteiger charge is -2.25. The number of aliphatic hydroxyl groups excluding tert-OH is 1. The van der Waals surface area contributed by atoms with Crippen LogP contribution in [-0.4, -0.2) is 22.2 Å². The number of carbonyl (C=O) groups is 2. The molecule has 1 aliphatic rings. The van der Waals surface area contributed by atoms with E-state index in [1.165, 1.54) is 0 Å². The number of aliphatic carboxylic acids is 1. The molecule has 0 aromatic heterocycles. The number of carbonyl (C=O) groups excluding carboxylic acids is 1. The summed E-state index contributed by atoms with van der Waals surface area (Å²) in [5.74, 6) is -1.97. The molecule has 2 aromatic carbocycles. The highest BCUT2D eigenvalue weighted by molar-refractivity contribution is 6.02. The quantitative estimate of drug-likeness (QED) is 0.630. The summed E-state index contributed by atoms with van der Waals surface area (Å²) >= 11 is 0. The zero-order chi connectivity index (χ0) is 17.2. The SMILES string of the molecule is O=C(O)C1(C(=O)O[C@H](c2ccccc2)[C@H](O)c2ccccc2)CC1. The van der Waals surface area contributed by atoms with E-state index in [-0.39, 0.29) is 12.8 Å². The maximum absolute atomic E-state index is 12.4. The van der Waals surface area contributed by atoms with Crippen molar-refractivity contribution >= 4 is 11.9 Å². The summed E-state index contributed by atoms with van der Waals surface area (Å²) in [4.78, 5) is 23.7. The molecule has 5 nitrogen and oxygen atoms in total.